The van der Waals surface area contributed by atoms with Gasteiger partial charge in [-0.2, -0.15) is 0 Å². The Bertz CT molecular complexity index is 564. The molecule has 1 aromatic heterocycles. The van der Waals surface area contributed by atoms with Crippen LogP contribution in [-0.4, -0.2) is 17.7 Å². The number of aromatic nitrogens is 1. The molecule has 1 fully saturated rings. The highest BCUT2D eigenvalue weighted by molar-refractivity contribution is 5.84. The Morgan fingerprint density at radius 1 is 1.19 bits per heavy atom. The summed E-state index contributed by atoms with van der Waals surface area (Å²) >= 11 is 0. The molecular formula is C19H28N2. The van der Waals surface area contributed by atoms with Crippen molar-refractivity contribution in [1.29, 1.82) is 0 Å². The third-order valence-corrected chi connectivity index (χ3v) is 4.85. The fourth-order valence-electron chi connectivity index (χ4n) is 3.72. The normalized spacial score (nSPS) is 16.0. The molecule has 21 heavy (non-hydrogen) atoms. The maximum absolute atomic E-state index is 3.43. The quantitative estimate of drug-likeness (QED) is 0.747. The molecule has 2 heteroatoms. The summed E-state index contributed by atoms with van der Waals surface area (Å²) in [4.78, 5) is 0. The first-order valence-electron chi connectivity index (χ1n) is 8.66. The second-order valence-corrected chi connectivity index (χ2v) is 6.43. The van der Waals surface area contributed by atoms with Crippen LogP contribution in [-0.2, 0) is 13.0 Å². The average Bonchev–Trinajstić information content (AvgIpc) is 3.13. The van der Waals surface area contributed by atoms with Crippen molar-refractivity contribution in [2.24, 2.45) is 5.92 Å². The van der Waals surface area contributed by atoms with Gasteiger partial charge in [-0.15, -0.1) is 0 Å². The van der Waals surface area contributed by atoms with E-state index >= 15 is 0 Å². The van der Waals surface area contributed by atoms with E-state index in [4.69, 9.17) is 0 Å². The Morgan fingerprint density at radius 3 is 2.81 bits per heavy atom. The zero-order chi connectivity index (χ0) is 14.5. The van der Waals surface area contributed by atoms with Crippen molar-refractivity contribution >= 4 is 10.9 Å². The standard InChI is InChI=1S/C19H28N2/c1-2-20-13-7-10-17-15-21(14-16-8-3-4-9-16)19-12-6-5-11-18(17)19/h5-6,11-12,15-16,20H,2-4,7-10,13-14H2,1H3. The molecule has 0 atom stereocenters. The fraction of sp³-hybridized carbons (Fsp3) is 0.579. The van der Waals surface area contributed by atoms with Gasteiger partial charge in [-0.25, -0.2) is 0 Å². The zero-order valence-electron chi connectivity index (χ0n) is 13.3. The number of rotatable bonds is 7. The van der Waals surface area contributed by atoms with Gasteiger partial charge in [0, 0.05) is 23.6 Å². The summed E-state index contributed by atoms with van der Waals surface area (Å²) in [6.45, 7) is 5.59. The van der Waals surface area contributed by atoms with Crippen molar-refractivity contribution in [1.82, 2.24) is 9.88 Å². The molecule has 0 amide bonds. The van der Waals surface area contributed by atoms with Crippen LogP contribution in [0.4, 0.5) is 0 Å². The van der Waals surface area contributed by atoms with Crippen LogP contribution in [0.1, 0.15) is 44.6 Å². The molecule has 114 valence electrons. The first kappa shape index (κ1) is 14.6. The lowest BCUT2D eigenvalue weighted by molar-refractivity contribution is 0.465. The number of fused-ring (bicyclic) bond motifs is 1. The number of nitrogens with zero attached hydrogens (tertiary/aromatic N) is 1. The molecule has 0 spiro atoms. The lowest BCUT2D eigenvalue weighted by atomic mass is 10.1. The monoisotopic (exact) mass is 284 g/mol. The highest BCUT2D eigenvalue weighted by Gasteiger charge is 2.17. The minimum atomic E-state index is 0.899. The van der Waals surface area contributed by atoms with Crippen molar-refractivity contribution < 1.29 is 0 Å². The molecule has 0 bridgehead atoms. The maximum Gasteiger partial charge on any atom is 0.0483 e. The number of benzene rings is 1. The Morgan fingerprint density at radius 2 is 2.00 bits per heavy atom. The molecule has 1 heterocycles. The van der Waals surface area contributed by atoms with Gasteiger partial charge >= 0.3 is 0 Å². The third kappa shape index (κ3) is 3.49. The Hall–Kier alpha value is -1.28. The van der Waals surface area contributed by atoms with E-state index in [-0.39, 0.29) is 0 Å². The van der Waals surface area contributed by atoms with Crippen LogP contribution in [0, 0.1) is 5.92 Å². The van der Waals surface area contributed by atoms with Gasteiger partial charge in [0.1, 0.15) is 0 Å². The van der Waals surface area contributed by atoms with Gasteiger partial charge in [-0.1, -0.05) is 38.0 Å². The van der Waals surface area contributed by atoms with Crippen LogP contribution in [0.3, 0.4) is 0 Å². The lowest BCUT2D eigenvalue weighted by Crippen LogP contribution is -2.14. The predicted molar refractivity (Wildman–Crippen MR) is 90.8 cm³/mol. The van der Waals surface area contributed by atoms with Crippen molar-refractivity contribution in [3.63, 3.8) is 0 Å². The van der Waals surface area contributed by atoms with Crippen molar-refractivity contribution in [3.8, 4) is 0 Å². The number of para-hydroxylation sites is 1. The molecule has 1 aliphatic rings. The van der Waals surface area contributed by atoms with E-state index in [2.05, 4.69) is 47.3 Å². The summed E-state index contributed by atoms with van der Waals surface area (Å²) in [5, 5.41) is 4.89. The summed E-state index contributed by atoms with van der Waals surface area (Å²) in [6, 6.07) is 8.94. The highest BCUT2D eigenvalue weighted by atomic mass is 15.0. The summed E-state index contributed by atoms with van der Waals surface area (Å²) in [5.41, 5.74) is 2.96. The molecule has 1 aliphatic carbocycles. The van der Waals surface area contributed by atoms with Gasteiger partial charge in [-0.3, -0.25) is 0 Å². The summed E-state index contributed by atoms with van der Waals surface area (Å²) in [7, 11) is 0. The van der Waals surface area contributed by atoms with Crippen LogP contribution in [0.5, 0.6) is 0 Å². The number of hydrogen-bond donors (Lipinski definition) is 1. The molecule has 2 nitrogen and oxygen atoms in total. The lowest BCUT2D eigenvalue weighted by Gasteiger charge is -2.11. The van der Waals surface area contributed by atoms with Crippen molar-refractivity contribution in [2.75, 3.05) is 13.1 Å². The van der Waals surface area contributed by atoms with E-state index in [0.29, 0.717) is 0 Å². The summed E-state index contributed by atoms with van der Waals surface area (Å²) < 4.78 is 2.52. The fourth-order valence-corrected chi connectivity index (χ4v) is 3.72. The Labute approximate surface area is 128 Å². The Kier molecular flexibility index (Phi) is 4.97. The average molecular weight is 284 g/mol. The van der Waals surface area contributed by atoms with Crippen LogP contribution >= 0.6 is 0 Å². The number of aryl methyl sites for hydroxylation is 1. The predicted octanol–water partition coefficient (Wildman–Crippen LogP) is 4.37. The minimum absolute atomic E-state index is 0.899. The largest absolute Gasteiger partial charge is 0.347 e. The third-order valence-electron chi connectivity index (χ3n) is 4.85. The minimum Gasteiger partial charge on any atom is -0.347 e. The summed E-state index contributed by atoms with van der Waals surface area (Å²) in [5.74, 6) is 0.899. The van der Waals surface area contributed by atoms with Crippen molar-refractivity contribution in [3.05, 3.63) is 36.0 Å². The maximum atomic E-state index is 3.43. The topological polar surface area (TPSA) is 17.0 Å². The van der Waals surface area contributed by atoms with E-state index in [1.807, 2.05) is 0 Å². The molecule has 3 rings (SSSR count). The van der Waals surface area contributed by atoms with E-state index in [0.717, 1.165) is 19.0 Å². The smallest absolute Gasteiger partial charge is 0.0483 e. The molecule has 1 aromatic carbocycles. The van der Waals surface area contributed by atoms with Gasteiger partial charge in [-0.05, 0) is 56.3 Å². The molecule has 2 aromatic rings. The second-order valence-electron chi connectivity index (χ2n) is 6.43. The molecule has 1 N–H and O–H groups in total. The molecule has 0 aliphatic heterocycles. The van der Waals surface area contributed by atoms with Gasteiger partial charge in [0.15, 0.2) is 0 Å². The van der Waals surface area contributed by atoms with E-state index < -0.39 is 0 Å². The SMILES string of the molecule is CCNCCCc1cn(CC2CCCC2)c2ccccc12. The highest BCUT2D eigenvalue weighted by Crippen LogP contribution is 2.29. The zero-order valence-corrected chi connectivity index (χ0v) is 13.3. The number of nitrogens with one attached hydrogen (secondary N) is 1. The Balaban J connectivity index is 1.76. The van der Waals surface area contributed by atoms with Gasteiger partial charge < -0.3 is 9.88 Å². The first-order chi connectivity index (χ1) is 10.4. The van der Waals surface area contributed by atoms with Gasteiger partial charge in [0.05, 0.1) is 0 Å². The molecule has 0 unspecified atom stereocenters. The van der Waals surface area contributed by atoms with Crippen LogP contribution in [0.25, 0.3) is 10.9 Å². The van der Waals surface area contributed by atoms with Crippen molar-refractivity contribution in [2.45, 2.75) is 52.0 Å². The molecule has 0 radical (unpaired) electrons. The van der Waals surface area contributed by atoms with Crippen LogP contribution in [0.15, 0.2) is 30.5 Å². The second kappa shape index (κ2) is 7.13. The van der Waals surface area contributed by atoms with Gasteiger partial charge in [0.2, 0.25) is 0 Å². The first-order valence-corrected chi connectivity index (χ1v) is 8.66. The van der Waals surface area contributed by atoms with Crippen LogP contribution < -0.4 is 5.32 Å². The molecule has 0 saturated heterocycles. The number of hydrogen-bond acceptors (Lipinski definition) is 1. The van der Waals surface area contributed by atoms with E-state index in [1.54, 1.807) is 0 Å². The van der Waals surface area contributed by atoms with Crippen LogP contribution in [0.2, 0.25) is 0 Å². The molecule has 1 saturated carbocycles. The molecular weight excluding hydrogens is 256 g/mol. The van der Waals surface area contributed by atoms with E-state index in [1.165, 1.54) is 61.5 Å². The van der Waals surface area contributed by atoms with Gasteiger partial charge in [0.25, 0.3) is 0 Å². The summed E-state index contributed by atoms with van der Waals surface area (Å²) in [6.07, 6.45) is 10.5. The van der Waals surface area contributed by atoms with E-state index in [9.17, 15) is 0 Å².